The van der Waals surface area contributed by atoms with E-state index >= 15 is 0 Å². The van der Waals surface area contributed by atoms with E-state index in [2.05, 4.69) is 0 Å². The molecule has 0 aromatic heterocycles. The van der Waals surface area contributed by atoms with Gasteiger partial charge in [-0.05, 0) is 37.5 Å². The number of anilines is 1. The van der Waals surface area contributed by atoms with Crippen LogP contribution in [0, 0.1) is 0 Å². The monoisotopic (exact) mass is 346 g/mol. The van der Waals surface area contributed by atoms with Crippen LogP contribution in [0.25, 0.3) is 0 Å². The van der Waals surface area contributed by atoms with E-state index in [1.807, 2.05) is 0 Å². The Morgan fingerprint density at radius 3 is 2.83 bits per heavy atom. The number of benzene rings is 1. The van der Waals surface area contributed by atoms with Crippen LogP contribution in [0.5, 0.6) is 5.75 Å². The van der Waals surface area contributed by atoms with E-state index in [9.17, 15) is 14.4 Å². The fourth-order valence-electron chi connectivity index (χ4n) is 2.76. The maximum Gasteiger partial charge on any atom is 0.267 e. The smallest absolute Gasteiger partial charge is 0.267 e. The molecular weight excluding hydrogens is 328 g/mol. The van der Waals surface area contributed by atoms with E-state index < -0.39 is 12.1 Å². The van der Waals surface area contributed by atoms with E-state index in [1.54, 1.807) is 50.7 Å². The van der Waals surface area contributed by atoms with Crippen LogP contribution >= 0.6 is 11.8 Å². The largest absolute Gasteiger partial charge is 0.479 e. The molecule has 2 aliphatic rings. The molecule has 3 rings (SSSR count). The third kappa shape index (κ3) is 2.80. The highest BCUT2D eigenvalue weighted by atomic mass is 32.2. The van der Waals surface area contributed by atoms with Gasteiger partial charge in [0, 0.05) is 18.8 Å². The van der Waals surface area contributed by atoms with Crippen LogP contribution < -0.4 is 9.64 Å². The quantitative estimate of drug-likeness (QED) is 0.784. The van der Waals surface area contributed by atoms with Crippen LogP contribution in [0.1, 0.15) is 24.2 Å². The first-order chi connectivity index (χ1) is 11.4. The lowest BCUT2D eigenvalue weighted by atomic mass is 10.0. The Kier molecular flexibility index (Phi) is 4.36. The van der Waals surface area contributed by atoms with Gasteiger partial charge in [0.05, 0.1) is 17.5 Å². The van der Waals surface area contributed by atoms with Crippen LogP contribution in [-0.4, -0.2) is 47.4 Å². The van der Waals surface area contributed by atoms with Gasteiger partial charge in [-0.15, -0.1) is 11.8 Å². The van der Waals surface area contributed by atoms with Gasteiger partial charge in [-0.1, -0.05) is 0 Å². The molecule has 0 saturated heterocycles. The summed E-state index contributed by atoms with van der Waals surface area (Å²) in [5.41, 5.74) is 1.01. The van der Waals surface area contributed by atoms with Crippen molar-refractivity contribution in [1.82, 2.24) is 4.90 Å². The Labute approximate surface area is 144 Å². The first-order valence-electron chi connectivity index (χ1n) is 7.62. The number of nitrogens with zero attached hydrogens (tertiary/aromatic N) is 2. The lowest BCUT2D eigenvalue weighted by Gasteiger charge is -2.31. The van der Waals surface area contributed by atoms with Crippen LogP contribution in [0.15, 0.2) is 29.8 Å². The summed E-state index contributed by atoms with van der Waals surface area (Å²) >= 11 is 1.41. The van der Waals surface area contributed by atoms with Crippen molar-refractivity contribution in [1.29, 1.82) is 0 Å². The standard InChI is InChI=1S/C17H18N2O4S/c1-10(19-6-7-24-9-15(19)20)16(21)12-4-5-14-13(8-12)18(3)17(22)11(2)23-14/h4-8,10-11H,9H2,1-3H3. The van der Waals surface area contributed by atoms with Crippen molar-refractivity contribution in [2.75, 3.05) is 17.7 Å². The molecule has 0 aliphatic carbocycles. The number of fused-ring (bicyclic) bond motifs is 1. The number of amides is 2. The lowest BCUT2D eigenvalue weighted by molar-refractivity contribution is -0.127. The number of rotatable bonds is 3. The fraction of sp³-hybridized carbons (Fsp3) is 0.353. The molecule has 0 radical (unpaired) electrons. The van der Waals surface area contributed by atoms with Gasteiger partial charge in [0.1, 0.15) is 5.75 Å². The van der Waals surface area contributed by atoms with Gasteiger partial charge in [-0.3, -0.25) is 14.4 Å². The molecule has 0 spiro atoms. The summed E-state index contributed by atoms with van der Waals surface area (Å²) in [7, 11) is 1.66. The van der Waals surface area contributed by atoms with Gasteiger partial charge in [0.25, 0.3) is 5.91 Å². The first kappa shape index (κ1) is 16.6. The third-order valence-electron chi connectivity index (χ3n) is 4.20. The SMILES string of the molecule is CC1Oc2ccc(C(=O)C(C)N3C=CSCC3=O)cc2N(C)C1=O. The Morgan fingerprint density at radius 1 is 1.38 bits per heavy atom. The molecule has 24 heavy (non-hydrogen) atoms. The number of thioether (sulfide) groups is 1. The summed E-state index contributed by atoms with van der Waals surface area (Å²) in [5.74, 6) is 0.472. The summed E-state index contributed by atoms with van der Waals surface area (Å²) in [5, 5.41) is 1.81. The molecule has 6 nitrogen and oxygen atoms in total. The van der Waals surface area contributed by atoms with Crippen molar-refractivity contribution in [3.05, 3.63) is 35.4 Å². The van der Waals surface area contributed by atoms with Crippen molar-refractivity contribution in [2.24, 2.45) is 0 Å². The molecule has 0 N–H and O–H groups in total. The lowest BCUT2D eigenvalue weighted by Crippen LogP contribution is -2.43. The number of hydrogen-bond donors (Lipinski definition) is 0. The zero-order chi connectivity index (χ0) is 17.4. The molecule has 0 fully saturated rings. The number of ketones is 1. The summed E-state index contributed by atoms with van der Waals surface area (Å²) in [6.45, 7) is 3.39. The van der Waals surface area contributed by atoms with E-state index in [-0.39, 0.29) is 17.6 Å². The number of Topliss-reactive ketones (excluding diaryl/α,β-unsaturated/α-hetero) is 1. The highest BCUT2D eigenvalue weighted by molar-refractivity contribution is 8.02. The van der Waals surface area contributed by atoms with Crippen LogP contribution in [0.2, 0.25) is 0 Å². The molecule has 7 heteroatoms. The van der Waals surface area contributed by atoms with Gasteiger partial charge in [-0.25, -0.2) is 0 Å². The Balaban J connectivity index is 1.89. The van der Waals surface area contributed by atoms with Gasteiger partial charge in [0.15, 0.2) is 11.9 Å². The molecule has 2 heterocycles. The number of ether oxygens (including phenoxy) is 1. The maximum atomic E-state index is 12.7. The highest BCUT2D eigenvalue weighted by Crippen LogP contribution is 2.34. The van der Waals surface area contributed by atoms with E-state index in [0.717, 1.165) is 0 Å². The molecular formula is C17H18N2O4S. The van der Waals surface area contributed by atoms with Gasteiger partial charge in [-0.2, -0.15) is 0 Å². The maximum absolute atomic E-state index is 12.7. The second-order valence-electron chi connectivity index (χ2n) is 5.78. The predicted octanol–water partition coefficient (Wildman–Crippen LogP) is 2.05. The zero-order valence-corrected chi connectivity index (χ0v) is 14.5. The molecule has 2 unspecified atom stereocenters. The van der Waals surface area contributed by atoms with Crippen LogP contribution in [0.3, 0.4) is 0 Å². The van der Waals surface area contributed by atoms with E-state index in [1.165, 1.54) is 21.6 Å². The van der Waals surface area contributed by atoms with Gasteiger partial charge < -0.3 is 14.5 Å². The Bertz CT molecular complexity index is 746. The van der Waals surface area contributed by atoms with Gasteiger partial charge in [0.2, 0.25) is 5.91 Å². The number of carbonyl (C=O) groups excluding carboxylic acids is 3. The second kappa shape index (κ2) is 6.32. The fourth-order valence-corrected chi connectivity index (χ4v) is 3.37. The molecule has 2 atom stereocenters. The average molecular weight is 346 g/mol. The zero-order valence-electron chi connectivity index (χ0n) is 13.7. The number of carbonyl (C=O) groups is 3. The minimum atomic E-state index is -0.600. The van der Waals surface area contributed by atoms with Crippen molar-refractivity contribution in [3.63, 3.8) is 0 Å². The van der Waals surface area contributed by atoms with Crippen molar-refractivity contribution >= 4 is 35.0 Å². The van der Waals surface area contributed by atoms with Crippen LogP contribution in [0.4, 0.5) is 5.69 Å². The minimum absolute atomic E-state index is 0.0919. The normalized spacial score (nSPS) is 21.4. The minimum Gasteiger partial charge on any atom is -0.479 e. The summed E-state index contributed by atoms with van der Waals surface area (Å²) in [6.07, 6.45) is 1.09. The Morgan fingerprint density at radius 2 is 2.12 bits per heavy atom. The summed E-state index contributed by atoms with van der Waals surface area (Å²) in [6, 6.07) is 4.40. The molecule has 0 saturated carbocycles. The third-order valence-corrected chi connectivity index (χ3v) is 4.92. The van der Waals surface area contributed by atoms with Crippen molar-refractivity contribution in [2.45, 2.75) is 26.0 Å². The van der Waals surface area contributed by atoms with Crippen molar-refractivity contribution < 1.29 is 19.1 Å². The van der Waals surface area contributed by atoms with Crippen molar-refractivity contribution in [3.8, 4) is 5.75 Å². The molecule has 1 aromatic rings. The highest BCUT2D eigenvalue weighted by Gasteiger charge is 2.31. The summed E-state index contributed by atoms with van der Waals surface area (Å²) in [4.78, 5) is 39.7. The molecule has 2 amide bonds. The van der Waals surface area contributed by atoms with E-state index in [0.29, 0.717) is 22.8 Å². The topological polar surface area (TPSA) is 66.9 Å². The molecule has 2 aliphatic heterocycles. The van der Waals surface area contributed by atoms with Crippen LogP contribution in [-0.2, 0) is 9.59 Å². The second-order valence-corrected chi connectivity index (χ2v) is 6.67. The summed E-state index contributed by atoms with van der Waals surface area (Å²) < 4.78 is 5.56. The molecule has 126 valence electrons. The van der Waals surface area contributed by atoms with E-state index in [4.69, 9.17) is 4.74 Å². The molecule has 1 aromatic carbocycles. The average Bonchev–Trinajstić information content (AvgIpc) is 2.59. The Hall–Kier alpha value is -2.28. The number of hydrogen-bond acceptors (Lipinski definition) is 5. The predicted molar refractivity (Wildman–Crippen MR) is 92.2 cm³/mol. The van der Waals surface area contributed by atoms with Gasteiger partial charge >= 0.3 is 0 Å². The molecule has 0 bridgehead atoms. The first-order valence-corrected chi connectivity index (χ1v) is 8.67. The number of likely N-dealkylation sites (N-methyl/N-ethyl adjacent to an activating group) is 1.